The molecule has 0 saturated heterocycles. The standard InChI is InChI=1S/C16H26N2O/c1-13(2)17-8-9-18(3)11-14-10-15-6-4-5-7-16(15)19-12-14/h4-7,13-14,17H,8-12H2,1-3H3. The van der Waals surface area contributed by atoms with Crippen molar-refractivity contribution in [2.24, 2.45) is 5.92 Å². The fourth-order valence-electron chi connectivity index (χ4n) is 2.58. The van der Waals surface area contributed by atoms with Crippen LogP contribution in [0.3, 0.4) is 0 Å². The molecule has 0 saturated carbocycles. The molecule has 2 rings (SSSR count). The van der Waals surface area contributed by atoms with Crippen molar-refractivity contribution in [2.45, 2.75) is 26.3 Å². The van der Waals surface area contributed by atoms with E-state index in [1.165, 1.54) is 5.56 Å². The summed E-state index contributed by atoms with van der Waals surface area (Å²) in [5, 5.41) is 3.46. The Morgan fingerprint density at radius 2 is 2.16 bits per heavy atom. The van der Waals surface area contributed by atoms with Gasteiger partial charge in [-0.1, -0.05) is 32.0 Å². The Hall–Kier alpha value is -1.06. The predicted octanol–water partition coefficient (Wildman–Crippen LogP) is 2.17. The topological polar surface area (TPSA) is 24.5 Å². The molecule has 1 aromatic rings. The largest absolute Gasteiger partial charge is 0.493 e. The van der Waals surface area contributed by atoms with Gasteiger partial charge in [-0.2, -0.15) is 0 Å². The molecule has 1 N–H and O–H groups in total. The van der Waals surface area contributed by atoms with Gasteiger partial charge in [0, 0.05) is 31.6 Å². The van der Waals surface area contributed by atoms with E-state index in [2.05, 4.69) is 49.3 Å². The molecule has 1 aromatic carbocycles. The van der Waals surface area contributed by atoms with Crippen molar-refractivity contribution in [3.63, 3.8) is 0 Å². The van der Waals surface area contributed by atoms with Crippen molar-refractivity contribution in [3.05, 3.63) is 29.8 Å². The van der Waals surface area contributed by atoms with Gasteiger partial charge in [-0.05, 0) is 25.1 Å². The molecule has 1 aliphatic heterocycles. The third-order valence-electron chi connectivity index (χ3n) is 3.57. The van der Waals surface area contributed by atoms with E-state index < -0.39 is 0 Å². The normalized spacial score (nSPS) is 18.5. The summed E-state index contributed by atoms with van der Waals surface area (Å²) in [6, 6.07) is 8.96. The molecule has 1 aliphatic rings. The van der Waals surface area contributed by atoms with Crippen LogP contribution >= 0.6 is 0 Å². The van der Waals surface area contributed by atoms with Crippen LogP contribution in [0.15, 0.2) is 24.3 Å². The molecule has 1 heterocycles. The van der Waals surface area contributed by atoms with Gasteiger partial charge >= 0.3 is 0 Å². The summed E-state index contributed by atoms with van der Waals surface area (Å²) >= 11 is 0. The number of nitrogens with zero attached hydrogens (tertiary/aromatic N) is 1. The molecule has 0 radical (unpaired) electrons. The highest BCUT2D eigenvalue weighted by Gasteiger charge is 2.20. The number of likely N-dealkylation sites (N-methyl/N-ethyl adjacent to an activating group) is 1. The van der Waals surface area contributed by atoms with E-state index in [9.17, 15) is 0 Å². The van der Waals surface area contributed by atoms with Gasteiger partial charge in [-0.25, -0.2) is 0 Å². The van der Waals surface area contributed by atoms with E-state index in [1.807, 2.05) is 6.07 Å². The summed E-state index contributed by atoms with van der Waals surface area (Å²) in [5.74, 6) is 1.68. The summed E-state index contributed by atoms with van der Waals surface area (Å²) in [6.07, 6.45) is 1.14. The minimum absolute atomic E-state index is 0.568. The highest BCUT2D eigenvalue weighted by Crippen LogP contribution is 2.26. The predicted molar refractivity (Wildman–Crippen MR) is 79.8 cm³/mol. The maximum absolute atomic E-state index is 5.84. The zero-order chi connectivity index (χ0) is 13.7. The van der Waals surface area contributed by atoms with Gasteiger partial charge in [0.1, 0.15) is 5.75 Å². The minimum Gasteiger partial charge on any atom is -0.493 e. The van der Waals surface area contributed by atoms with Crippen LogP contribution in [0.5, 0.6) is 5.75 Å². The number of para-hydroxylation sites is 1. The van der Waals surface area contributed by atoms with E-state index in [0.29, 0.717) is 12.0 Å². The number of hydrogen-bond donors (Lipinski definition) is 1. The molecule has 1 atom stereocenters. The SMILES string of the molecule is CC(C)NCCN(C)CC1COc2ccccc2C1. The number of rotatable bonds is 6. The smallest absolute Gasteiger partial charge is 0.122 e. The Morgan fingerprint density at radius 3 is 2.95 bits per heavy atom. The molecular formula is C16H26N2O. The van der Waals surface area contributed by atoms with Gasteiger partial charge in [0.2, 0.25) is 0 Å². The fraction of sp³-hybridized carbons (Fsp3) is 0.625. The molecule has 0 fully saturated rings. The summed E-state index contributed by atoms with van der Waals surface area (Å²) < 4.78 is 5.84. The number of ether oxygens (including phenoxy) is 1. The van der Waals surface area contributed by atoms with Crippen LogP contribution in [0.4, 0.5) is 0 Å². The van der Waals surface area contributed by atoms with Crippen molar-refractivity contribution in [2.75, 3.05) is 33.3 Å². The number of hydrogen-bond acceptors (Lipinski definition) is 3. The first-order chi connectivity index (χ1) is 9.15. The van der Waals surface area contributed by atoms with E-state index in [1.54, 1.807) is 0 Å². The van der Waals surface area contributed by atoms with Crippen molar-refractivity contribution >= 4 is 0 Å². The molecule has 106 valence electrons. The molecule has 0 spiro atoms. The zero-order valence-corrected chi connectivity index (χ0v) is 12.4. The quantitative estimate of drug-likeness (QED) is 0.850. The molecular weight excluding hydrogens is 236 g/mol. The number of nitrogens with one attached hydrogen (secondary N) is 1. The maximum Gasteiger partial charge on any atom is 0.122 e. The summed E-state index contributed by atoms with van der Waals surface area (Å²) in [6.45, 7) is 8.47. The molecule has 3 nitrogen and oxygen atoms in total. The lowest BCUT2D eigenvalue weighted by atomic mass is 9.96. The zero-order valence-electron chi connectivity index (χ0n) is 12.4. The first-order valence-corrected chi connectivity index (χ1v) is 7.28. The van der Waals surface area contributed by atoms with Gasteiger partial charge in [-0.15, -0.1) is 0 Å². The number of fused-ring (bicyclic) bond motifs is 1. The van der Waals surface area contributed by atoms with E-state index in [0.717, 1.165) is 38.4 Å². The highest BCUT2D eigenvalue weighted by atomic mass is 16.5. The maximum atomic E-state index is 5.84. The molecule has 19 heavy (non-hydrogen) atoms. The summed E-state index contributed by atoms with van der Waals surface area (Å²) in [4.78, 5) is 2.40. The highest BCUT2D eigenvalue weighted by molar-refractivity contribution is 5.35. The molecule has 0 aliphatic carbocycles. The van der Waals surface area contributed by atoms with Crippen molar-refractivity contribution in [1.29, 1.82) is 0 Å². The first-order valence-electron chi connectivity index (χ1n) is 7.28. The van der Waals surface area contributed by atoms with E-state index in [-0.39, 0.29) is 0 Å². The Kier molecular flexibility index (Phi) is 5.23. The average Bonchev–Trinajstić information content (AvgIpc) is 2.38. The van der Waals surface area contributed by atoms with Crippen LogP contribution in [0.1, 0.15) is 19.4 Å². The Labute approximate surface area is 116 Å². The molecule has 3 heteroatoms. The number of benzene rings is 1. The second-order valence-corrected chi connectivity index (χ2v) is 5.86. The van der Waals surface area contributed by atoms with Gasteiger partial charge in [0.25, 0.3) is 0 Å². The van der Waals surface area contributed by atoms with Crippen LogP contribution in [-0.2, 0) is 6.42 Å². The third kappa shape index (κ3) is 4.51. The van der Waals surface area contributed by atoms with Gasteiger partial charge in [0.05, 0.1) is 6.61 Å². The third-order valence-corrected chi connectivity index (χ3v) is 3.57. The lowest BCUT2D eigenvalue weighted by Gasteiger charge is -2.29. The van der Waals surface area contributed by atoms with Crippen molar-refractivity contribution < 1.29 is 4.74 Å². The van der Waals surface area contributed by atoms with Crippen molar-refractivity contribution in [3.8, 4) is 5.75 Å². The van der Waals surface area contributed by atoms with Gasteiger partial charge in [-0.3, -0.25) is 0 Å². The Morgan fingerprint density at radius 1 is 1.37 bits per heavy atom. The lowest BCUT2D eigenvalue weighted by molar-refractivity contribution is 0.175. The summed E-state index contributed by atoms with van der Waals surface area (Å²) in [5.41, 5.74) is 1.35. The van der Waals surface area contributed by atoms with Crippen LogP contribution in [-0.4, -0.2) is 44.2 Å². The second-order valence-electron chi connectivity index (χ2n) is 5.86. The first kappa shape index (κ1) is 14.4. The fourth-order valence-corrected chi connectivity index (χ4v) is 2.58. The van der Waals surface area contributed by atoms with Crippen LogP contribution in [0, 0.1) is 5.92 Å². The minimum atomic E-state index is 0.568. The molecule has 0 aromatic heterocycles. The average molecular weight is 262 g/mol. The Balaban J connectivity index is 1.75. The molecule has 0 amide bonds. The second kappa shape index (κ2) is 6.92. The van der Waals surface area contributed by atoms with Gasteiger partial charge < -0.3 is 15.0 Å². The molecule has 0 bridgehead atoms. The molecule has 1 unspecified atom stereocenters. The van der Waals surface area contributed by atoms with Crippen LogP contribution in [0.25, 0.3) is 0 Å². The van der Waals surface area contributed by atoms with E-state index in [4.69, 9.17) is 4.74 Å². The van der Waals surface area contributed by atoms with Crippen LogP contribution < -0.4 is 10.1 Å². The lowest BCUT2D eigenvalue weighted by Crippen LogP contribution is -2.37. The monoisotopic (exact) mass is 262 g/mol. The van der Waals surface area contributed by atoms with Crippen molar-refractivity contribution in [1.82, 2.24) is 10.2 Å². The van der Waals surface area contributed by atoms with Crippen LogP contribution in [0.2, 0.25) is 0 Å². The Bertz CT molecular complexity index is 392. The summed E-state index contributed by atoms with van der Waals surface area (Å²) in [7, 11) is 2.20. The van der Waals surface area contributed by atoms with E-state index >= 15 is 0 Å². The van der Waals surface area contributed by atoms with Gasteiger partial charge in [0.15, 0.2) is 0 Å².